The van der Waals surface area contributed by atoms with Crippen LogP contribution in [-0.2, 0) is 11.3 Å². The molecule has 34 heavy (non-hydrogen) atoms. The third-order valence-electron chi connectivity index (χ3n) is 6.39. The van der Waals surface area contributed by atoms with Crippen molar-refractivity contribution in [2.75, 3.05) is 43.4 Å². The Balaban J connectivity index is 1.31. The highest BCUT2D eigenvalue weighted by Gasteiger charge is 2.26. The lowest BCUT2D eigenvalue weighted by Crippen LogP contribution is -2.47. The lowest BCUT2D eigenvalue weighted by molar-refractivity contribution is -0.138. The van der Waals surface area contributed by atoms with Gasteiger partial charge in [-0.15, -0.1) is 11.3 Å². The smallest absolute Gasteiger partial charge is 0.325 e. The fourth-order valence-electron chi connectivity index (χ4n) is 4.59. The minimum Gasteiger partial charge on any atom is -0.480 e. The van der Waals surface area contributed by atoms with E-state index in [-0.39, 0.29) is 18.2 Å². The van der Waals surface area contributed by atoms with Crippen molar-refractivity contribution in [3.63, 3.8) is 0 Å². The largest absolute Gasteiger partial charge is 0.480 e. The van der Waals surface area contributed by atoms with Crippen LogP contribution in [0.1, 0.15) is 46.5 Å². The number of urea groups is 1. The molecule has 0 atom stereocenters. The van der Waals surface area contributed by atoms with Gasteiger partial charge in [-0.2, -0.15) is 0 Å². The van der Waals surface area contributed by atoms with E-state index in [0.717, 1.165) is 62.3 Å². The SMILES string of the molecule is Cc1ccc(NC(=O)Nc2ncc(CN3CCN(CC(=O)O)CC3)s2)c(C(=O)C2CCCC2)c1. The number of carbonyl (C=O) groups is 3. The van der Waals surface area contributed by atoms with Crippen molar-refractivity contribution in [3.8, 4) is 0 Å². The van der Waals surface area contributed by atoms with Gasteiger partial charge in [-0.1, -0.05) is 24.5 Å². The van der Waals surface area contributed by atoms with Crippen molar-refractivity contribution in [1.29, 1.82) is 0 Å². The number of thiazole rings is 1. The number of aryl methyl sites for hydroxylation is 1. The van der Waals surface area contributed by atoms with Gasteiger partial charge in [-0.3, -0.25) is 24.7 Å². The molecule has 2 aromatic rings. The summed E-state index contributed by atoms with van der Waals surface area (Å²) in [6, 6.07) is 5.11. The second-order valence-electron chi connectivity index (χ2n) is 9.05. The lowest BCUT2D eigenvalue weighted by Gasteiger charge is -2.33. The molecule has 1 aromatic carbocycles. The number of carboxylic acid groups (broad SMARTS) is 1. The molecule has 2 amide bonds. The van der Waals surface area contributed by atoms with Crippen LogP contribution < -0.4 is 10.6 Å². The van der Waals surface area contributed by atoms with Gasteiger partial charge in [-0.05, 0) is 31.9 Å². The number of piperazine rings is 1. The minimum absolute atomic E-state index is 0.0397. The van der Waals surface area contributed by atoms with Crippen LogP contribution in [0.5, 0.6) is 0 Å². The Kier molecular flexibility index (Phi) is 7.91. The van der Waals surface area contributed by atoms with E-state index >= 15 is 0 Å². The summed E-state index contributed by atoms with van der Waals surface area (Å²) in [4.78, 5) is 46.0. The molecule has 1 aliphatic heterocycles. The Morgan fingerprint density at radius 3 is 2.50 bits per heavy atom. The number of nitrogens with zero attached hydrogens (tertiary/aromatic N) is 3. The van der Waals surface area contributed by atoms with E-state index in [1.165, 1.54) is 11.3 Å². The molecule has 10 heteroatoms. The molecular formula is C24H31N5O4S. The zero-order chi connectivity index (χ0) is 24.1. The van der Waals surface area contributed by atoms with Crippen LogP contribution in [0.15, 0.2) is 24.4 Å². The van der Waals surface area contributed by atoms with Crippen LogP contribution in [0.25, 0.3) is 0 Å². The van der Waals surface area contributed by atoms with Crippen molar-refractivity contribution in [2.45, 2.75) is 39.2 Å². The first kappa shape index (κ1) is 24.3. The minimum atomic E-state index is -0.800. The third-order valence-corrected chi connectivity index (χ3v) is 7.29. The zero-order valence-corrected chi connectivity index (χ0v) is 20.2. The van der Waals surface area contributed by atoms with Gasteiger partial charge >= 0.3 is 12.0 Å². The monoisotopic (exact) mass is 485 g/mol. The molecule has 1 saturated carbocycles. The predicted molar refractivity (Wildman–Crippen MR) is 132 cm³/mol. The van der Waals surface area contributed by atoms with Crippen LogP contribution >= 0.6 is 11.3 Å². The lowest BCUT2D eigenvalue weighted by atomic mass is 9.94. The van der Waals surface area contributed by atoms with Crippen LogP contribution in [-0.4, -0.2) is 70.4 Å². The van der Waals surface area contributed by atoms with Crippen molar-refractivity contribution in [3.05, 3.63) is 40.4 Å². The number of aromatic nitrogens is 1. The molecule has 1 aromatic heterocycles. The first-order valence-electron chi connectivity index (χ1n) is 11.7. The summed E-state index contributed by atoms with van der Waals surface area (Å²) < 4.78 is 0. The quantitative estimate of drug-likeness (QED) is 0.489. The molecule has 2 heterocycles. The first-order valence-corrected chi connectivity index (χ1v) is 12.5. The molecule has 0 unspecified atom stereocenters. The van der Waals surface area contributed by atoms with Crippen LogP contribution in [0.4, 0.5) is 15.6 Å². The maximum atomic E-state index is 13.0. The second-order valence-corrected chi connectivity index (χ2v) is 10.2. The Morgan fingerprint density at radius 1 is 1.09 bits per heavy atom. The van der Waals surface area contributed by atoms with E-state index in [4.69, 9.17) is 5.11 Å². The average Bonchev–Trinajstić information content (AvgIpc) is 3.48. The van der Waals surface area contributed by atoms with Gasteiger partial charge in [0.15, 0.2) is 10.9 Å². The number of amides is 2. The third kappa shape index (κ3) is 6.40. The Morgan fingerprint density at radius 2 is 1.79 bits per heavy atom. The molecule has 0 spiro atoms. The zero-order valence-electron chi connectivity index (χ0n) is 19.4. The molecule has 1 aliphatic carbocycles. The number of aliphatic carboxylic acids is 1. The number of Topliss-reactive ketones (excluding diaryl/α,β-unsaturated/α-hetero) is 1. The maximum Gasteiger partial charge on any atom is 0.325 e. The Labute approximate surface area is 203 Å². The molecule has 2 fully saturated rings. The van der Waals surface area contributed by atoms with E-state index in [2.05, 4.69) is 20.5 Å². The van der Waals surface area contributed by atoms with Gasteiger partial charge in [0.1, 0.15) is 0 Å². The van der Waals surface area contributed by atoms with Gasteiger partial charge in [0.05, 0.1) is 12.2 Å². The summed E-state index contributed by atoms with van der Waals surface area (Å²) in [6.45, 7) is 5.75. The van der Waals surface area contributed by atoms with Crippen molar-refractivity contribution < 1.29 is 19.5 Å². The molecule has 2 aliphatic rings. The summed E-state index contributed by atoms with van der Waals surface area (Å²) in [5.41, 5.74) is 2.08. The van der Waals surface area contributed by atoms with Crippen LogP contribution in [0.2, 0.25) is 0 Å². The Bertz CT molecular complexity index is 1040. The number of nitrogens with one attached hydrogen (secondary N) is 2. The van der Waals surface area contributed by atoms with E-state index in [1.54, 1.807) is 12.3 Å². The first-order chi connectivity index (χ1) is 16.4. The highest BCUT2D eigenvalue weighted by atomic mass is 32.1. The maximum absolute atomic E-state index is 13.0. The summed E-state index contributed by atoms with van der Waals surface area (Å²) in [5.74, 6) is -0.653. The number of anilines is 2. The van der Waals surface area contributed by atoms with E-state index < -0.39 is 12.0 Å². The fourth-order valence-corrected chi connectivity index (χ4v) is 5.44. The topological polar surface area (TPSA) is 115 Å². The van der Waals surface area contributed by atoms with Crippen molar-refractivity contribution >= 4 is 39.9 Å². The molecule has 9 nitrogen and oxygen atoms in total. The fraction of sp³-hybridized carbons (Fsp3) is 0.500. The number of ketones is 1. The average molecular weight is 486 g/mol. The Hall–Kier alpha value is -2.82. The number of benzene rings is 1. The highest BCUT2D eigenvalue weighted by molar-refractivity contribution is 7.15. The molecular weight excluding hydrogens is 454 g/mol. The highest BCUT2D eigenvalue weighted by Crippen LogP contribution is 2.31. The van der Waals surface area contributed by atoms with Gasteiger partial charge in [-0.25, -0.2) is 9.78 Å². The molecule has 182 valence electrons. The number of rotatable bonds is 8. The number of carbonyl (C=O) groups excluding carboxylic acids is 2. The molecule has 0 radical (unpaired) electrons. The molecule has 4 rings (SSSR count). The van der Waals surface area contributed by atoms with Gasteiger partial charge in [0.2, 0.25) is 0 Å². The van der Waals surface area contributed by atoms with Gasteiger partial charge in [0, 0.05) is 55.3 Å². The van der Waals surface area contributed by atoms with Gasteiger partial charge < -0.3 is 10.4 Å². The van der Waals surface area contributed by atoms with Crippen molar-refractivity contribution in [2.24, 2.45) is 5.92 Å². The summed E-state index contributed by atoms with van der Waals surface area (Å²) in [5, 5.41) is 15.0. The molecule has 3 N–H and O–H groups in total. The number of hydrogen-bond acceptors (Lipinski definition) is 7. The molecule has 0 bridgehead atoms. The van der Waals surface area contributed by atoms with Gasteiger partial charge in [0.25, 0.3) is 0 Å². The van der Waals surface area contributed by atoms with E-state index in [9.17, 15) is 14.4 Å². The van der Waals surface area contributed by atoms with E-state index in [1.807, 2.05) is 24.0 Å². The normalized spacial score (nSPS) is 17.6. The van der Waals surface area contributed by atoms with Crippen LogP contribution in [0.3, 0.4) is 0 Å². The summed E-state index contributed by atoms with van der Waals surface area (Å²) in [7, 11) is 0. The van der Waals surface area contributed by atoms with E-state index in [0.29, 0.717) is 22.9 Å². The van der Waals surface area contributed by atoms with Crippen LogP contribution in [0, 0.1) is 12.8 Å². The summed E-state index contributed by atoms with van der Waals surface area (Å²) >= 11 is 1.41. The second kappa shape index (κ2) is 11.1. The summed E-state index contributed by atoms with van der Waals surface area (Å²) in [6.07, 6.45) is 5.74. The standard InChI is InChI=1S/C24H31N5O4S/c1-16-6-7-20(19(12-16)22(32)17-4-2-3-5-17)26-23(33)27-24-25-13-18(34-24)14-28-8-10-29(11-9-28)15-21(30)31/h6-7,12-13,17H,2-5,8-11,14-15H2,1H3,(H,30,31)(H2,25,26,27,33). The predicted octanol–water partition coefficient (Wildman–Crippen LogP) is 3.67. The number of carboxylic acids is 1. The van der Waals surface area contributed by atoms with Crippen molar-refractivity contribution in [1.82, 2.24) is 14.8 Å². The number of hydrogen-bond donors (Lipinski definition) is 3. The molecule has 1 saturated heterocycles.